The van der Waals surface area contributed by atoms with E-state index in [2.05, 4.69) is 66.9 Å². The summed E-state index contributed by atoms with van der Waals surface area (Å²) in [6.45, 7) is 20.5. The number of nitrogens with two attached hydrogens (primary N) is 1. The fourth-order valence-electron chi connectivity index (χ4n) is 4.00. The van der Waals surface area contributed by atoms with Crippen LogP contribution in [0.3, 0.4) is 0 Å². The number of benzene rings is 2. The van der Waals surface area contributed by atoms with E-state index in [1.54, 1.807) is 30.1 Å². The lowest BCUT2D eigenvalue weighted by atomic mass is 9.90. The Morgan fingerprint density at radius 2 is 1.55 bits per heavy atom. The maximum Gasteiger partial charge on any atom is 0.123 e. The van der Waals surface area contributed by atoms with E-state index in [-0.39, 0.29) is 11.7 Å². The molecule has 232 valence electrons. The molecular weight excluding hydrogens is 544 g/mol. The van der Waals surface area contributed by atoms with Gasteiger partial charge in [0, 0.05) is 28.7 Å². The molecular formula is C36H53F2N3S. The summed E-state index contributed by atoms with van der Waals surface area (Å²) in [5.74, 6) is 1.10. The summed E-state index contributed by atoms with van der Waals surface area (Å²) < 4.78 is 22.9. The zero-order valence-corrected chi connectivity index (χ0v) is 28.0. The molecule has 0 fully saturated rings. The molecule has 0 aliphatic rings. The van der Waals surface area contributed by atoms with E-state index in [1.165, 1.54) is 28.8 Å². The van der Waals surface area contributed by atoms with E-state index in [0.29, 0.717) is 19.6 Å². The minimum atomic E-state index is -0.252. The maximum absolute atomic E-state index is 13.4. The van der Waals surface area contributed by atoms with Crippen LogP contribution < -0.4 is 5.73 Å². The summed E-state index contributed by atoms with van der Waals surface area (Å²) in [4.78, 5) is 9.41. The van der Waals surface area contributed by atoms with Gasteiger partial charge in [-0.15, -0.1) is 11.8 Å². The van der Waals surface area contributed by atoms with E-state index in [0.717, 1.165) is 28.3 Å². The van der Waals surface area contributed by atoms with Gasteiger partial charge in [-0.1, -0.05) is 97.0 Å². The number of aliphatic imine (C=N–C) groups is 1. The number of hydrogen-bond donors (Lipinski definition) is 1. The number of allylic oxidation sites excluding steroid dienone is 1. The highest BCUT2D eigenvalue weighted by molar-refractivity contribution is 8.07. The topological polar surface area (TPSA) is 51.3 Å². The van der Waals surface area contributed by atoms with Crippen LogP contribution in [0.5, 0.6) is 0 Å². The molecule has 2 aromatic carbocycles. The van der Waals surface area contributed by atoms with Gasteiger partial charge in [0.2, 0.25) is 0 Å². The zero-order valence-electron chi connectivity index (χ0n) is 27.2. The van der Waals surface area contributed by atoms with Crippen LogP contribution in [0.25, 0.3) is 10.5 Å². The third kappa shape index (κ3) is 15.2. The molecule has 0 saturated heterocycles. The van der Waals surface area contributed by atoms with Crippen LogP contribution in [-0.2, 0) is 5.75 Å². The Morgan fingerprint density at radius 1 is 0.952 bits per heavy atom. The Balaban J connectivity index is 0. The van der Waals surface area contributed by atoms with Crippen molar-refractivity contribution in [2.45, 2.75) is 73.5 Å². The second-order valence-electron chi connectivity index (χ2n) is 8.37. The van der Waals surface area contributed by atoms with Gasteiger partial charge in [-0.2, -0.15) is 0 Å². The number of aromatic nitrogens is 1. The lowest BCUT2D eigenvalue weighted by Crippen LogP contribution is -2.15. The van der Waals surface area contributed by atoms with E-state index in [9.17, 15) is 8.78 Å². The minimum Gasteiger partial charge on any atom is -0.330 e. The van der Waals surface area contributed by atoms with Gasteiger partial charge in [0.25, 0.3) is 0 Å². The molecule has 1 aromatic heterocycles. The van der Waals surface area contributed by atoms with E-state index >= 15 is 0 Å². The van der Waals surface area contributed by atoms with Gasteiger partial charge in [0.15, 0.2) is 0 Å². The van der Waals surface area contributed by atoms with Crippen molar-refractivity contribution >= 4 is 29.0 Å². The largest absolute Gasteiger partial charge is 0.330 e. The fraction of sp³-hybridized carbons (Fsp3) is 0.389. The van der Waals surface area contributed by atoms with Crippen LogP contribution in [0.2, 0.25) is 0 Å². The van der Waals surface area contributed by atoms with Crippen LogP contribution in [0.4, 0.5) is 8.78 Å². The number of rotatable bonds is 11. The van der Waals surface area contributed by atoms with Crippen molar-refractivity contribution in [3.8, 4) is 0 Å². The Morgan fingerprint density at radius 3 is 2.10 bits per heavy atom. The molecule has 3 rings (SSSR count). The Kier molecular flexibility index (Phi) is 26.2. The fourth-order valence-corrected chi connectivity index (χ4v) is 5.01. The second kappa shape index (κ2) is 26.8. The molecule has 0 saturated carbocycles. The van der Waals surface area contributed by atoms with Crippen molar-refractivity contribution in [1.82, 2.24) is 4.98 Å². The van der Waals surface area contributed by atoms with Gasteiger partial charge >= 0.3 is 0 Å². The Hall–Kier alpha value is -3.09. The lowest BCUT2D eigenvalue weighted by Gasteiger charge is -2.18. The molecule has 1 heterocycles. The first-order chi connectivity index (χ1) is 20.5. The highest BCUT2D eigenvalue weighted by Crippen LogP contribution is 2.33. The summed E-state index contributed by atoms with van der Waals surface area (Å²) in [5, 5.41) is 0. The monoisotopic (exact) mass is 597 g/mol. The Labute approximate surface area is 259 Å². The molecule has 0 bridgehead atoms. The second-order valence-corrected chi connectivity index (χ2v) is 9.38. The lowest BCUT2D eigenvalue weighted by molar-refractivity contribution is 0.531. The number of pyridine rings is 1. The minimum absolute atomic E-state index is 0.252. The molecule has 6 heteroatoms. The van der Waals surface area contributed by atoms with Gasteiger partial charge in [-0.3, -0.25) is 14.4 Å². The maximum atomic E-state index is 13.4. The highest BCUT2D eigenvalue weighted by atomic mass is 32.2. The number of nitrogens with zero attached hydrogens (tertiary/aromatic N) is 2. The van der Waals surface area contributed by atoms with Crippen LogP contribution in [-0.4, -0.2) is 25.4 Å². The van der Waals surface area contributed by atoms with Gasteiger partial charge in [0.1, 0.15) is 5.82 Å². The normalized spacial score (nSPS) is 11.9. The molecule has 2 N–H and O–H groups in total. The van der Waals surface area contributed by atoms with E-state index in [4.69, 9.17) is 5.73 Å². The Bertz CT molecular complexity index is 1130. The number of alkyl halides is 1. The van der Waals surface area contributed by atoms with Crippen LogP contribution >= 0.6 is 11.8 Å². The average molecular weight is 598 g/mol. The summed E-state index contributed by atoms with van der Waals surface area (Å²) in [6, 6.07) is 20.9. The first kappa shape index (κ1) is 41.0. The third-order valence-electron chi connectivity index (χ3n) is 5.80. The molecule has 3 nitrogen and oxygen atoms in total. The quantitative estimate of drug-likeness (QED) is 0.224. The van der Waals surface area contributed by atoms with Gasteiger partial charge in [-0.25, -0.2) is 4.39 Å². The van der Waals surface area contributed by atoms with Crippen molar-refractivity contribution in [2.75, 3.05) is 13.7 Å². The number of halogens is 2. The predicted octanol–water partition coefficient (Wildman–Crippen LogP) is 11.0. The molecule has 42 heavy (non-hydrogen) atoms. The van der Waals surface area contributed by atoms with E-state index in [1.807, 2.05) is 59.9 Å². The average Bonchev–Trinajstić information content (AvgIpc) is 3.07. The summed E-state index contributed by atoms with van der Waals surface area (Å²) in [5.41, 5.74) is 11.8. The molecule has 2 atom stereocenters. The summed E-state index contributed by atoms with van der Waals surface area (Å²) in [7, 11) is 0.500. The first-order valence-electron chi connectivity index (χ1n) is 14.8. The smallest absolute Gasteiger partial charge is 0.123 e. The highest BCUT2D eigenvalue weighted by Gasteiger charge is 2.14. The van der Waals surface area contributed by atoms with Gasteiger partial charge in [0.05, 0.1) is 7.18 Å². The summed E-state index contributed by atoms with van der Waals surface area (Å²) in [6.07, 6.45) is 6.82. The molecule has 3 aromatic rings. The predicted molar refractivity (Wildman–Crippen MR) is 186 cm³/mol. The summed E-state index contributed by atoms with van der Waals surface area (Å²) >= 11 is 1.67. The molecule has 0 spiro atoms. The van der Waals surface area contributed by atoms with Crippen molar-refractivity contribution < 1.29 is 8.78 Å². The molecule has 0 aliphatic heterocycles. The van der Waals surface area contributed by atoms with Gasteiger partial charge in [-0.05, 0) is 85.0 Å². The van der Waals surface area contributed by atoms with Crippen molar-refractivity contribution in [3.63, 3.8) is 0 Å². The van der Waals surface area contributed by atoms with Gasteiger partial charge < -0.3 is 5.73 Å². The van der Waals surface area contributed by atoms with Crippen molar-refractivity contribution in [2.24, 2.45) is 16.6 Å². The van der Waals surface area contributed by atoms with Crippen molar-refractivity contribution in [3.05, 3.63) is 113 Å². The van der Waals surface area contributed by atoms with E-state index < -0.39 is 0 Å². The third-order valence-corrected chi connectivity index (χ3v) is 6.91. The molecule has 0 radical (unpaired) electrons. The molecule has 2 unspecified atom stereocenters. The number of thioether (sulfide) groups is 1. The molecule has 0 amide bonds. The zero-order chi connectivity index (χ0) is 32.3. The van der Waals surface area contributed by atoms with Crippen molar-refractivity contribution in [1.29, 1.82) is 0 Å². The number of hydrogen-bond acceptors (Lipinski definition) is 4. The molecule has 0 aliphatic carbocycles. The first-order valence-corrected chi connectivity index (χ1v) is 15.8. The van der Waals surface area contributed by atoms with Crippen LogP contribution in [0, 0.1) is 11.7 Å². The van der Waals surface area contributed by atoms with Crippen LogP contribution in [0.1, 0.15) is 90.1 Å². The SMILES string of the molecule is C=N/C=C(\SCc1ccccc1/C(C)=C/C(CN)CC(C)c1ccccn1)c1ccc(F)cc1.CC.CC.CC.CF. The van der Waals surface area contributed by atoms with Crippen LogP contribution in [0.15, 0.2) is 90.2 Å². The standard InChI is InChI=1S/C29H32FN3S.3C2H6.CH3F/c1-21(16-23(18-31)17-22(2)28-10-6-7-15-33-28)27-9-5-4-8-25(27)20-34-29(19-32-3)24-11-13-26(30)14-12-24;4*1-2/h4-16,19,22-23H,3,17-18,20,31H2,1-2H3;3*1-2H3;1H3/b21-16+,29-19-;;;;.